The number of hydrogen-bond donors (Lipinski definition) is 4. The molecule has 6 N–H and O–H groups in total. The van der Waals surface area contributed by atoms with Crippen LogP contribution in [0, 0.1) is 0 Å². The van der Waals surface area contributed by atoms with Gasteiger partial charge in [-0.2, -0.15) is 9.19 Å². The zero-order chi connectivity index (χ0) is 30.9. The van der Waals surface area contributed by atoms with Crippen molar-refractivity contribution in [2.45, 2.75) is 49.2 Å². The fourth-order valence-electron chi connectivity index (χ4n) is 5.11. The maximum Gasteiger partial charge on any atom is 0.325 e. The van der Waals surface area contributed by atoms with E-state index in [9.17, 15) is 13.9 Å². The molecule has 0 radical (unpaired) electrons. The largest absolute Gasteiger partial charge is 0.382 e. The standard InChI is InChI=1S/C20H21F2N10O9PS2/c21-8-6-1-36-42(34,43)40-12-7(39-18(9(12)22)31-4-27-10-14(23)25-3-26-15(10)31)2-37-44(35)41-13(8)19(38-6)32-5-28-11-16(32)29-20(24)30-17(11)33/h3-9,12-13,18-19H,1-2H2,(H,34,43)(H2,23,25,26)(H3,24,29,30,33)/t6-,7-,8-,9-,12-,13-,18-,19-,42?,44?/m1/s1. The third kappa shape index (κ3) is 5.07. The molecule has 3 fully saturated rings. The molecule has 3 aliphatic heterocycles. The summed E-state index contributed by atoms with van der Waals surface area (Å²) in [6.45, 7) is -5.62. The highest BCUT2D eigenvalue weighted by molar-refractivity contribution is 8.07. The molecule has 0 aromatic carbocycles. The summed E-state index contributed by atoms with van der Waals surface area (Å²) in [5.74, 6) is -0.203. The average Bonchev–Trinajstić information content (AvgIpc) is 3.72. The third-order valence-electron chi connectivity index (χ3n) is 7.09. The van der Waals surface area contributed by atoms with Crippen molar-refractivity contribution < 1.29 is 44.8 Å². The van der Waals surface area contributed by atoms with Gasteiger partial charge in [0, 0.05) is 0 Å². The van der Waals surface area contributed by atoms with E-state index in [0.29, 0.717) is 0 Å². The molecule has 10 atom stereocenters. The van der Waals surface area contributed by atoms with Gasteiger partial charge in [0.05, 0.1) is 25.9 Å². The fraction of sp³-hybridized carbons (Fsp3) is 0.500. The maximum atomic E-state index is 15.9. The number of H-pyrrole nitrogens is 1. The number of imidazole rings is 2. The van der Waals surface area contributed by atoms with Gasteiger partial charge in [0.1, 0.15) is 30.2 Å². The number of rotatable bonds is 2. The maximum absolute atomic E-state index is 15.9. The van der Waals surface area contributed by atoms with Crippen LogP contribution in [0.1, 0.15) is 12.5 Å². The number of nitrogens with two attached hydrogens (primary N) is 2. The molecule has 0 spiro atoms. The summed E-state index contributed by atoms with van der Waals surface area (Å²) in [5, 5.41) is 0. The monoisotopic (exact) mass is 678 g/mol. The zero-order valence-electron chi connectivity index (χ0n) is 21.8. The Bertz CT molecular complexity index is 1880. The molecule has 3 aliphatic rings. The smallest absolute Gasteiger partial charge is 0.325 e. The van der Waals surface area contributed by atoms with Crippen LogP contribution in [0.15, 0.2) is 23.8 Å². The van der Waals surface area contributed by atoms with Crippen molar-refractivity contribution in [1.82, 2.24) is 39.0 Å². The number of hydrogen-bond acceptors (Lipinski definition) is 16. The van der Waals surface area contributed by atoms with Crippen molar-refractivity contribution in [3.63, 3.8) is 0 Å². The number of ether oxygens (including phenoxy) is 2. The number of anilines is 2. The van der Waals surface area contributed by atoms with E-state index in [2.05, 4.69) is 29.9 Å². The van der Waals surface area contributed by atoms with E-state index in [0.717, 1.165) is 17.2 Å². The normalized spacial score (nSPS) is 36.6. The van der Waals surface area contributed by atoms with Crippen LogP contribution in [0.3, 0.4) is 0 Å². The summed E-state index contributed by atoms with van der Waals surface area (Å²) < 4.78 is 80.0. The molecule has 7 rings (SSSR count). The van der Waals surface area contributed by atoms with E-state index in [1.807, 2.05) is 0 Å². The quantitative estimate of drug-likeness (QED) is 0.190. The second kappa shape index (κ2) is 11.0. The van der Waals surface area contributed by atoms with Gasteiger partial charge in [-0.3, -0.25) is 31.8 Å². The molecule has 3 saturated heterocycles. The zero-order valence-corrected chi connectivity index (χ0v) is 24.3. The van der Waals surface area contributed by atoms with Crippen LogP contribution in [0.25, 0.3) is 22.3 Å². The molecule has 7 heterocycles. The summed E-state index contributed by atoms with van der Waals surface area (Å²) in [7, 11) is 0. The highest BCUT2D eigenvalue weighted by Gasteiger charge is 2.53. The van der Waals surface area contributed by atoms with Crippen molar-refractivity contribution in [3.8, 4) is 0 Å². The summed E-state index contributed by atoms with van der Waals surface area (Å²) in [6, 6.07) is 0. The van der Waals surface area contributed by atoms with Crippen molar-refractivity contribution in [3.05, 3.63) is 29.3 Å². The first-order chi connectivity index (χ1) is 21.0. The number of aromatic amines is 1. The van der Waals surface area contributed by atoms with Gasteiger partial charge in [-0.05, 0) is 11.8 Å². The summed E-state index contributed by atoms with van der Waals surface area (Å²) in [5.41, 5.74) is 10.9. The molecule has 4 aromatic rings. The highest BCUT2D eigenvalue weighted by atomic mass is 32.5. The molecule has 24 heteroatoms. The summed E-state index contributed by atoms with van der Waals surface area (Å²) in [4.78, 5) is 45.4. The number of nitrogens with zero attached hydrogens (tertiary/aromatic N) is 7. The lowest BCUT2D eigenvalue weighted by Crippen LogP contribution is -2.35. The SMILES string of the molecule is Nc1nc2c(ncn2[C@@H]2O[C@@H]3COP(O)(=S)O[C@H]4[C@@H](F)[C@H](n5cnc6c(N)ncnc65)O[C@@H]4COS(=O)O[C@@H]2[C@@H]3F)c(=O)[nH]1. The molecule has 0 amide bonds. The van der Waals surface area contributed by atoms with E-state index in [1.54, 1.807) is 0 Å². The lowest BCUT2D eigenvalue weighted by atomic mass is 10.1. The van der Waals surface area contributed by atoms with Crippen molar-refractivity contribution in [1.29, 1.82) is 0 Å². The summed E-state index contributed by atoms with van der Waals surface area (Å²) >= 11 is 2.43. The van der Waals surface area contributed by atoms with Crippen LogP contribution in [-0.2, 0) is 50.1 Å². The predicted molar refractivity (Wildman–Crippen MR) is 146 cm³/mol. The Hall–Kier alpha value is -3.12. The Labute approximate surface area is 250 Å². The number of halogens is 2. The van der Waals surface area contributed by atoms with Gasteiger partial charge < -0.3 is 30.4 Å². The average molecular weight is 679 g/mol. The van der Waals surface area contributed by atoms with E-state index >= 15 is 8.78 Å². The molecular weight excluding hydrogens is 657 g/mol. The van der Waals surface area contributed by atoms with Gasteiger partial charge >= 0.3 is 18.1 Å². The molecule has 2 unspecified atom stereocenters. The second-order valence-electron chi connectivity index (χ2n) is 9.76. The van der Waals surface area contributed by atoms with Crippen molar-refractivity contribution >= 4 is 64.0 Å². The van der Waals surface area contributed by atoms with E-state index in [1.165, 1.54) is 10.9 Å². The lowest BCUT2D eigenvalue weighted by Gasteiger charge is -2.25. The van der Waals surface area contributed by atoms with Gasteiger partial charge in [-0.15, -0.1) is 0 Å². The van der Waals surface area contributed by atoms with E-state index in [4.69, 9.17) is 50.2 Å². The van der Waals surface area contributed by atoms with Crippen molar-refractivity contribution in [2.24, 2.45) is 0 Å². The molecule has 44 heavy (non-hydrogen) atoms. The summed E-state index contributed by atoms with van der Waals surface area (Å²) in [6.07, 6.45) is -9.45. The topological polar surface area (TPSA) is 252 Å². The first-order valence-corrected chi connectivity index (χ1v) is 16.2. The minimum Gasteiger partial charge on any atom is -0.382 e. The molecular formula is C20H21F2N10O9PS2. The van der Waals surface area contributed by atoms with E-state index in [-0.39, 0.29) is 34.1 Å². The Balaban J connectivity index is 1.18. The van der Waals surface area contributed by atoms with Gasteiger partial charge in [0.15, 0.2) is 53.5 Å². The minimum absolute atomic E-state index is 0.0483. The second-order valence-corrected chi connectivity index (χ2v) is 13.4. The first-order valence-electron chi connectivity index (χ1n) is 12.6. The first kappa shape index (κ1) is 29.6. The lowest BCUT2D eigenvalue weighted by molar-refractivity contribution is -0.0554. The van der Waals surface area contributed by atoms with Gasteiger partial charge in [0.2, 0.25) is 5.95 Å². The predicted octanol–water partition coefficient (Wildman–Crippen LogP) is -0.792. The molecule has 2 bridgehead atoms. The van der Waals surface area contributed by atoms with Gasteiger partial charge in [-0.25, -0.2) is 28.7 Å². The van der Waals surface area contributed by atoms with Gasteiger partial charge in [0.25, 0.3) is 5.56 Å². The molecule has 0 saturated carbocycles. The molecule has 236 valence electrons. The number of nitrogen functional groups attached to an aromatic ring is 2. The fourth-order valence-corrected chi connectivity index (χ4v) is 7.23. The Morgan fingerprint density at radius 1 is 1.00 bits per heavy atom. The Morgan fingerprint density at radius 3 is 2.52 bits per heavy atom. The van der Waals surface area contributed by atoms with Crippen LogP contribution >= 0.6 is 6.72 Å². The van der Waals surface area contributed by atoms with Crippen LogP contribution in [-0.4, -0.2) is 98.1 Å². The van der Waals surface area contributed by atoms with Gasteiger partial charge in [-0.1, -0.05) is 0 Å². The Morgan fingerprint density at radius 2 is 1.73 bits per heavy atom. The van der Waals surface area contributed by atoms with Crippen LogP contribution < -0.4 is 17.0 Å². The molecule has 0 aliphatic carbocycles. The Kier molecular flexibility index (Phi) is 7.43. The van der Waals surface area contributed by atoms with Crippen LogP contribution in [0.5, 0.6) is 0 Å². The number of fused-ring (bicyclic) bond motifs is 5. The van der Waals surface area contributed by atoms with Crippen LogP contribution in [0.4, 0.5) is 20.5 Å². The van der Waals surface area contributed by atoms with Crippen LogP contribution in [0.2, 0.25) is 0 Å². The molecule has 4 aromatic heterocycles. The number of nitrogens with one attached hydrogen (secondary N) is 1. The number of alkyl halides is 2. The minimum atomic E-state index is -4.29. The highest BCUT2D eigenvalue weighted by Crippen LogP contribution is 2.51. The third-order valence-corrected chi connectivity index (χ3v) is 9.36. The number of aromatic nitrogens is 8. The van der Waals surface area contributed by atoms with E-state index < -0.39 is 86.1 Å². The molecule has 19 nitrogen and oxygen atoms in total. The van der Waals surface area contributed by atoms with Crippen molar-refractivity contribution in [2.75, 3.05) is 24.7 Å².